The number of aromatic nitrogens is 2. The molecule has 0 aliphatic carbocycles. The van der Waals surface area contributed by atoms with Crippen molar-refractivity contribution in [2.24, 2.45) is 0 Å². The highest BCUT2D eigenvalue weighted by molar-refractivity contribution is 5.35. The first-order chi connectivity index (χ1) is 4.74. The maximum absolute atomic E-state index is 10.7. The summed E-state index contributed by atoms with van der Waals surface area (Å²) in [6.45, 7) is 3.38. The second-order valence-corrected chi connectivity index (χ2v) is 1.74. The molecule has 1 rings (SSSR count). The Morgan fingerprint density at radius 3 is 3.00 bits per heavy atom. The predicted molar refractivity (Wildman–Crippen MR) is 36.1 cm³/mol. The van der Waals surface area contributed by atoms with E-state index in [9.17, 15) is 10.0 Å². The van der Waals surface area contributed by atoms with Gasteiger partial charge in [0, 0.05) is 6.08 Å². The van der Waals surface area contributed by atoms with Gasteiger partial charge in [0.2, 0.25) is 11.9 Å². The molecule has 0 aromatic carbocycles. The molecule has 10 heavy (non-hydrogen) atoms. The molecule has 52 valence electrons. The van der Waals surface area contributed by atoms with Gasteiger partial charge < -0.3 is 10.2 Å². The van der Waals surface area contributed by atoms with Crippen LogP contribution in [-0.4, -0.2) is 4.98 Å². The summed E-state index contributed by atoms with van der Waals surface area (Å²) in [6.07, 6.45) is 3.59. The average molecular weight is 138 g/mol. The van der Waals surface area contributed by atoms with Crippen LogP contribution in [0.2, 0.25) is 0 Å². The highest BCUT2D eigenvalue weighted by Crippen LogP contribution is 1.83. The van der Waals surface area contributed by atoms with Crippen LogP contribution >= 0.6 is 0 Å². The van der Waals surface area contributed by atoms with Crippen molar-refractivity contribution in [2.45, 2.75) is 0 Å². The Hall–Kier alpha value is -1.58. The number of hydrogen-bond donors (Lipinski definition) is 1. The molecule has 4 heteroatoms. The summed E-state index contributed by atoms with van der Waals surface area (Å²) in [7, 11) is 0. The van der Waals surface area contributed by atoms with E-state index in [4.69, 9.17) is 0 Å². The first-order valence-electron chi connectivity index (χ1n) is 2.68. The van der Waals surface area contributed by atoms with Crippen LogP contribution in [0.3, 0.4) is 0 Å². The first kappa shape index (κ1) is 6.54. The second kappa shape index (κ2) is 2.34. The lowest BCUT2D eigenvalue weighted by molar-refractivity contribution is -0.608. The number of hydrogen-bond acceptors (Lipinski definition) is 2. The van der Waals surface area contributed by atoms with E-state index in [1.807, 2.05) is 0 Å². The summed E-state index contributed by atoms with van der Waals surface area (Å²) < 4.78 is 0.464. The van der Waals surface area contributed by atoms with E-state index in [2.05, 4.69) is 11.6 Å². The zero-order valence-corrected chi connectivity index (χ0v) is 5.20. The van der Waals surface area contributed by atoms with E-state index in [1.165, 1.54) is 12.3 Å². The van der Waals surface area contributed by atoms with Gasteiger partial charge in [0.25, 0.3) is 0 Å². The maximum Gasteiger partial charge on any atom is 0.313 e. The fraction of sp³-hybridized carbons (Fsp3) is 0. The number of aromatic amines is 1. The Bertz CT molecular complexity index is 303. The van der Waals surface area contributed by atoms with Gasteiger partial charge in [0.15, 0.2) is 0 Å². The third-order valence-electron chi connectivity index (χ3n) is 1.06. The normalized spacial score (nSPS) is 9.20. The summed E-state index contributed by atoms with van der Waals surface area (Å²) in [6, 6.07) is 0. The largest absolute Gasteiger partial charge is 0.618 e. The fourth-order valence-corrected chi connectivity index (χ4v) is 0.576. The van der Waals surface area contributed by atoms with Crippen molar-refractivity contribution < 1.29 is 4.73 Å². The van der Waals surface area contributed by atoms with Crippen LogP contribution in [0.15, 0.2) is 23.8 Å². The molecule has 0 amide bonds. The van der Waals surface area contributed by atoms with E-state index in [0.717, 1.165) is 6.20 Å². The molecule has 1 heterocycles. The SMILES string of the molecule is C=Cc1c[nH]c(=O)c[n+]1[O-]. The van der Waals surface area contributed by atoms with E-state index < -0.39 is 5.56 Å². The summed E-state index contributed by atoms with van der Waals surface area (Å²) in [5, 5.41) is 10.7. The Morgan fingerprint density at radius 2 is 2.50 bits per heavy atom. The molecule has 0 spiro atoms. The lowest BCUT2D eigenvalue weighted by Gasteiger charge is -1.95. The van der Waals surface area contributed by atoms with E-state index >= 15 is 0 Å². The van der Waals surface area contributed by atoms with Gasteiger partial charge in [-0.2, -0.15) is 4.73 Å². The van der Waals surface area contributed by atoms with Crippen LogP contribution in [0.25, 0.3) is 6.08 Å². The van der Waals surface area contributed by atoms with E-state index in [1.54, 1.807) is 0 Å². The van der Waals surface area contributed by atoms with Gasteiger partial charge in [-0.25, -0.2) is 0 Å². The van der Waals surface area contributed by atoms with Crippen LogP contribution < -0.4 is 10.3 Å². The van der Waals surface area contributed by atoms with Gasteiger partial charge in [-0.3, -0.25) is 4.79 Å². The highest BCUT2D eigenvalue weighted by Gasteiger charge is 1.97. The van der Waals surface area contributed by atoms with Crippen molar-refractivity contribution >= 4 is 6.08 Å². The van der Waals surface area contributed by atoms with Gasteiger partial charge in [0.05, 0.1) is 6.20 Å². The lowest BCUT2D eigenvalue weighted by Crippen LogP contribution is -2.34. The maximum atomic E-state index is 10.7. The number of nitrogens with one attached hydrogen (secondary N) is 1. The van der Waals surface area contributed by atoms with Crippen LogP contribution in [-0.2, 0) is 0 Å². The monoisotopic (exact) mass is 138 g/mol. The third-order valence-corrected chi connectivity index (χ3v) is 1.06. The summed E-state index contributed by atoms with van der Waals surface area (Å²) in [4.78, 5) is 12.8. The zero-order chi connectivity index (χ0) is 7.56. The van der Waals surface area contributed by atoms with Gasteiger partial charge in [0.1, 0.15) is 0 Å². The minimum atomic E-state index is -0.416. The van der Waals surface area contributed by atoms with Gasteiger partial charge in [-0.1, -0.05) is 6.58 Å². The van der Waals surface area contributed by atoms with Crippen LogP contribution in [0.5, 0.6) is 0 Å². The quantitative estimate of drug-likeness (QED) is 0.426. The predicted octanol–water partition coefficient (Wildman–Crippen LogP) is -0.349. The van der Waals surface area contributed by atoms with Crippen LogP contribution in [0.1, 0.15) is 5.69 Å². The third kappa shape index (κ3) is 1.05. The molecule has 0 radical (unpaired) electrons. The van der Waals surface area contributed by atoms with Gasteiger partial charge in [-0.15, -0.1) is 0 Å². The minimum absolute atomic E-state index is 0.333. The lowest BCUT2D eigenvalue weighted by atomic mass is 10.4. The molecule has 0 atom stereocenters. The molecular weight excluding hydrogens is 132 g/mol. The first-order valence-corrected chi connectivity index (χ1v) is 2.68. The Labute approximate surface area is 57.0 Å². The molecule has 0 saturated heterocycles. The smallest absolute Gasteiger partial charge is 0.313 e. The highest BCUT2D eigenvalue weighted by atomic mass is 16.5. The molecular formula is C6H6N2O2. The molecule has 1 aromatic heterocycles. The average Bonchev–Trinajstić information content (AvgIpc) is 1.88. The number of H-pyrrole nitrogens is 1. The van der Waals surface area contributed by atoms with Crippen molar-refractivity contribution in [1.29, 1.82) is 0 Å². The van der Waals surface area contributed by atoms with Gasteiger partial charge in [-0.05, 0) is 0 Å². The molecule has 0 aliphatic rings. The van der Waals surface area contributed by atoms with Crippen LogP contribution in [0.4, 0.5) is 0 Å². The molecule has 1 N–H and O–H groups in total. The van der Waals surface area contributed by atoms with Crippen molar-refractivity contribution in [2.75, 3.05) is 0 Å². The molecule has 4 nitrogen and oxygen atoms in total. The second-order valence-electron chi connectivity index (χ2n) is 1.74. The molecule has 0 unspecified atom stereocenters. The van der Waals surface area contributed by atoms with Crippen molar-refractivity contribution in [3.63, 3.8) is 0 Å². The van der Waals surface area contributed by atoms with Crippen molar-refractivity contribution in [3.05, 3.63) is 40.2 Å². The zero-order valence-electron chi connectivity index (χ0n) is 5.20. The molecule has 0 aliphatic heterocycles. The summed E-state index contributed by atoms with van der Waals surface area (Å²) >= 11 is 0. The Kier molecular flexibility index (Phi) is 1.53. The molecule has 0 bridgehead atoms. The van der Waals surface area contributed by atoms with E-state index in [-0.39, 0.29) is 0 Å². The van der Waals surface area contributed by atoms with Gasteiger partial charge >= 0.3 is 5.56 Å². The summed E-state index contributed by atoms with van der Waals surface area (Å²) in [5.74, 6) is 0. The number of rotatable bonds is 1. The molecule has 0 fully saturated rings. The summed E-state index contributed by atoms with van der Waals surface area (Å²) in [5.41, 5.74) is -0.0831. The number of nitrogens with zero attached hydrogens (tertiary/aromatic N) is 1. The van der Waals surface area contributed by atoms with Crippen molar-refractivity contribution in [1.82, 2.24) is 4.98 Å². The standard InChI is InChI=1S/C6H6N2O2/c1-2-5-3-7-6(9)4-8(5)10/h2-4H,1H2,(H,7,9). The van der Waals surface area contributed by atoms with E-state index in [0.29, 0.717) is 10.4 Å². The Balaban J connectivity index is 3.32. The molecule has 0 saturated carbocycles. The van der Waals surface area contributed by atoms with Crippen LogP contribution in [0, 0.1) is 5.21 Å². The fourth-order valence-electron chi connectivity index (χ4n) is 0.576. The van der Waals surface area contributed by atoms with Crippen molar-refractivity contribution in [3.8, 4) is 0 Å². The Morgan fingerprint density at radius 1 is 1.80 bits per heavy atom. The molecule has 1 aromatic rings. The topological polar surface area (TPSA) is 59.8 Å². The minimum Gasteiger partial charge on any atom is -0.618 e.